The van der Waals surface area contributed by atoms with E-state index in [0.29, 0.717) is 0 Å². The van der Waals surface area contributed by atoms with Crippen LogP contribution in [0.4, 0.5) is 13.2 Å². The summed E-state index contributed by atoms with van der Waals surface area (Å²) in [7, 11) is 0. The molecule has 0 amide bonds. The molecule has 6 nitrogen and oxygen atoms in total. The first-order chi connectivity index (χ1) is 9.83. The smallest absolute Gasteiger partial charge is 0.408 e. The molecule has 0 spiro atoms. The Balaban J connectivity index is 3.16. The zero-order chi connectivity index (χ0) is 17.3. The lowest BCUT2D eigenvalue weighted by molar-refractivity contribution is -0.150. The standard InChI is InChI=1S/C12H14ClF3N2O4/c1-11(2,3)8(10(20)21)22-6-4-17-18(5-12(14,15)16)9(19)7(6)13/h4,8H,5H2,1-3H3,(H,20,21). The minimum absolute atomic E-state index is 0.127. The van der Waals surface area contributed by atoms with Crippen LogP contribution in [0.1, 0.15) is 20.8 Å². The largest absolute Gasteiger partial charge is 0.478 e. The minimum atomic E-state index is -4.64. The summed E-state index contributed by atoms with van der Waals surface area (Å²) in [6.45, 7) is 3.14. The summed E-state index contributed by atoms with van der Waals surface area (Å²) in [5.74, 6) is -1.68. The molecule has 1 aromatic heterocycles. The fraction of sp³-hybridized carbons (Fsp3) is 0.583. The van der Waals surface area contributed by atoms with Gasteiger partial charge in [0, 0.05) is 5.41 Å². The first kappa shape index (κ1) is 18.3. The zero-order valence-corrected chi connectivity index (χ0v) is 12.7. The SMILES string of the molecule is CC(C)(C)C(Oc1cnn(CC(F)(F)F)c(=O)c1Cl)C(=O)O. The molecule has 22 heavy (non-hydrogen) atoms. The van der Waals surface area contributed by atoms with Crippen molar-refractivity contribution in [3.63, 3.8) is 0 Å². The number of carbonyl (C=O) groups is 1. The fourth-order valence-electron chi connectivity index (χ4n) is 1.54. The highest BCUT2D eigenvalue weighted by Crippen LogP contribution is 2.28. The van der Waals surface area contributed by atoms with Gasteiger partial charge in [0.05, 0.1) is 6.20 Å². The van der Waals surface area contributed by atoms with E-state index in [9.17, 15) is 22.8 Å². The number of ether oxygens (including phenoxy) is 1. The summed E-state index contributed by atoms with van der Waals surface area (Å²) in [6, 6.07) is 0. The van der Waals surface area contributed by atoms with Gasteiger partial charge in [-0.2, -0.15) is 18.3 Å². The second-order valence-electron chi connectivity index (χ2n) is 5.60. The van der Waals surface area contributed by atoms with E-state index in [2.05, 4.69) is 5.10 Å². The van der Waals surface area contributed by atoms with Crippen molar-refractivity contribution < 1.29 is 27.8 Å². The predicted molar refractivity (Wildman–Crippen MR) is 71.1 cm³/mol. The molecule has 1 N–H and O–H groups in total. The van der Waals surface area contributed by atoms with E-state index in [4.69, 9.17) is 21.4 Å². The second-order valence-corrected chi connectivity index (χ2v) is 5.98. The maximum atomic E-state index is 12.3. The molecule has 1 aromatic rings. The van der Waals surface area contributed by atoms with Crippen LogP contribution in [0.3, 0.4) is 0 Å². The van der Waals surface area contributed by atoms with Crippen molar-refractivity contribution in [2.45, 2.75) is 39.6 Å². The Morgan fingerprint density at radius 2 is 2.00 bits per heavy atom. The number of aliphatic carboxylic acids is 1. The molecular formula is C12H14ClF3N2O4. The number of hydrogen-bond acceptors (Lipinski definition) is 4. The Morgan fingerprint density at radius 1 is 1.45 bits per heavy atom. The van der Waals surface area contributed by atoms with Crippen LogP contribution in [0, 0.1) is 5.41 Å². The number of nitrogens with zero attached hydrogens (tertiary/aromatic N) is 2. The van der Waals surface area contributed by atoms with Gasteiger partial charge in [0.1, 0.15) is 6.54 Å². The molecule has 0 saturated heterocycles. The molecule has 0 bridgehead atoms. The van der Waals surface area contributed by atoms with Gasteiger partial charge in [0.2, 0.25) is 6.10 Å². The fourth-order valence-corrected chi connectivity index (χ4v) is 1.73. The molecule has 1 unspecified atom stereocenters. The zero-order valence-electron chi connectivity index (χ0n) is 11.9. The van der Waals surface area contributed by atoms with Crippen LogP contribution in [-0.2, 0) is 11.3 Å². The molecule has 1 atom stereocenters. The number of carboxylic acids is 1. The third-order valence-electron chi connectivity index (χ3n) is 2.54. The number of alkyl halides is 3. The maximum absolute atomic E-state index is 12.3. The van der Waals surface area contributed by atoms with Gasteiger partial charge in [-0.25, -0.2) is 9.48 Å². The van der Waals surface area contributed by atoms with Gasteiger partial charge in [0.25, 0.3) is 5.56 Å². The summed E-state index contributed by atoms with van der Waals surface area (Å²) in [6.07, 6.45) is -5.21. The molecule has 0 aliphatic carbocycles. The molecule has 0 saturated carbocycles. The van der Waals surface area contributed by atoms with Crippen molar-refractivity contribution in [1.29, 1.82) is 0 Å². The van der Waals surface area contributed by atoms with E-state index in [1.165, 1.54) is 0 Å². The Kier molecular flexibility index (Phi) is 5.11. The molecule has 0 aromatic carbocycles. The number of aromatic nitrogens is 2. The molecule has 0 aliphatic heterocycles. The molecule has 0 fully saturated rings. The lowest BCUT2D eigenvalue weighted by Crippen LogP contribution is -2.40. The van der Waals surface area contributed by atoms with E-state index >= 15 is 0 Å². The van der Waals surface area contributed by atoms with Gasteiger partial charge < -0.3 is 9.84 Å². The third-order valence-corrected chi connectivity index (χ3v) is 2.89. The van der Waals surface area contributed by atoms with Crippen molar-refractivity contribution in [3.8, 4) is 5.75 Å². The topological polar surface area (TPSA) is 81.4 Å². The van der Waals surface area contributed by atoms with E-state index < -0.39 is 40.8 Å². The first-order valence-corrected chi connectivity index (χ1v) is 6.42. The van der Waals surface area contributed by atoms with Gasteiger partial charge in [0.15, 0.2) is 10.8 Å². The van der Waals surface area contributed by atoms with E-state index in [-0.39, 0.29) is 10.4 Å². The van der Waals surface area contributed by atoms with Crippen molar-refractivity contribution in [3.05, 3.63) is 21.6 Å². The number of carboxylic acid groups (broad SMARTS) is 1. The summed E-state index contributed by atoms with van der Waals surface area (Å²) in [5.41, 5.74) is -2.05. The Hall–Kier alpha value is -1.77. The summed E-state index contributed by atoms with van der Waals surface area (Å²) in [5, 5.41) is 11.8. The van der Waals surface area contributed by atoms with Crippen molar-refractivity contribution >= 4 is 17.6 Å². The highest BCUT2D eigenvalue weighted by Gasteiger charge is 2.35. The molecule has 1 rings (SSSR count). The van der Waals surface area contributed by atoms with Crippen molar-refractivity contribution in [2.75, 3.05) is 0 Å². The van der Waals surface area contributed by atoms with Crippen LogP contribution >= 0.6 is 11.6 Å². The number of hydrogen-bond donors (Lipinski definition) is 1. The summed E-state index contributed by atoms with van der Waals surface area (Å²) < 4.78 is 42.1. The highest BCUT2D eigenvalue weighted by molar-refractivity contribution is 6.31. The summed E-state index contributed by atoms with van der Waals surface area (Å²) in [4.78, 5) is 22.9. The van der Waals surface area contributed by atoms with Gasteiger partial charge in [-0.3, -0.25) is 4.79 Å². The second kappa shape index (κ2) is 6.15. The lowest BCUT2D eigenvalue weighted by atomic mass is 9.89. The van der Waals surface area contributed by atoms with Gasteiger partial charge >= 0.3 is 12.1 Å². The first-order valence-electron chi connectivity index (χ1n) is 6.05. The molecule has 124 valence electrons. The molecule has 0 radical (unpaired) electrons. The Bertz CT molecular complexity index is 622. The van der Waals surface area contributed by atoms with Crippen LogP contribution in [0.15, 0.2) is 11.0 Å². The average molecular weight is 343 g/mol. The minimum Gasteiger partial charge on any atom is -0.478 e. The van der Waals surface area contributed by atoms with Gasteiger partial charge in [-0.15, -0.1) is 0 Å². The normalized spacial score (nSPS) is 13.8. The maximum Gasteiger partial charge on any atom is 0.408 e. The summed E-state index contributed by atoms with van der Waals surface area (Å²) >= 11 is 5.67. The average Bonchev–Trinajstić information content (AvgIpc) is 2.30. The van der Waals surface area contributed by atoms with Crippen LogP contribution in [0.25, 0.3) is 0 Å². The van der Waals surface area contributed by atoms with Crippen LogP contribution < -0.4 is 10.3 Å². The van der Waals surface area contributed by atoms with Gasteiger partial charge in [-0.1, -0.05) is 32.4 Å². The highest BCUT2D eigenvalue weighted by atomic mass is 35.5. The Morgan fingerprint density at radius 3 is 2.41 bits per heavy atom. The van der Waals surface area contributed by atoms with E-state index in [1.54, 1.807) is 20.8 Å². The van der Waals surface area contributed by atoms with Crippen LogP contribution in [0.5, 0.6) is 5.75 Å². The third kappa shape index (κ3) is 4.62. The molecule has 10 heteroatoms. The van der Waals surface area contributed by atoms with Crippen LogP contribution in [0.2, 0.25) is 5.02 Å². The monoisotopic (exact) mass is 342 g/mol. The van der Waals surface area contributed by atoms with Gasteiger partial charge in [-0.05, 0) is 0 Å². The van der Waals surface area contributed by atoms with Crippen LogP contribution in [-0.4, -0.2) is 33.1 Å². The molecule has 0 aliphatic rings. The predicted octanol–water partition coefficient (Wildman–Crippen LogP) is 2.34. The quantitative estimate of drug-likeness (QED) is 0.908. The van der Waals surface area contributed by atoms with E-state index in [1.807, 2.05) is 0 Å². The number of rotatable bonds is 4. The number of halogens is 4. The van der Waals surface area contributed by atoms with E-state index in [0.717, 1.165) is 6.20 Å². The molecular weight excluding hydrogens is 329 g/mol. The molecule has 1 heterocycles. The Labute approximate surface area is 128 Å². The van der Waals surface area contributed by atoms with Crippen molar-refractivity contribution in [2.24, 2.45) is 5.41 Å². The van der Waals surface area contributed by atoms with Crippen molar-refractivity contribution in [1.82, 2.24) is 9.78 Å². The lowest BCUT2D eigenvalue weighted by Gasteiger charge is -2.27.